The Kier molecular flexibility index (Phi) is 12.5. The van der Waals surface area contributed by atoms with E-state index in [1.54, 1.807) is 4.90 Å². The minimum atomic E-state index is -1.08. The van der Waals surface area contributed by atoms with Gasteiger partial charge in [-0.05, 0) is 64.2 Å². The summed E-state index contributed by atoms with van der Waals surface area (Å²) < 4.78 is 0. The number of nitrogens with zero attached hydrogens (tertiary/aromatic N) is 1. The molecule has 9 nitrogen and oxygen atoms in total. The van der Waals surface area contributed by atoms with Crippen LogP contribution in [0.15, 0.2) is 48.9 Å². The first-order valence-corrected chi connectivity index (χ1v) is 14.1. The van der Waals surface area contributed by atoms with Crippen LogP contribution in [0.25, 0.3) is 0 Å². The van der Waals surface area contributed by atoms with Crippen LogP contribution >= 0.6 is 0 Å². The first-order chi connectivity index (χ1) is 18.4. The first kappa shape index (κ1) is 31.9. The smallest absolute Gasteiger partial charge is 0.287 e. The molecule has 216 valence electrons. The Morgan fingerprint density at radius 3 is 2.46 bits per heavy atom. The van der Waals surface area contributed by atoms with Crippen LogP contribution in [0, 0.1) is 11.8 Å². The van der Waals surface area contributed by atoms with Crippen molar-refractivity contribution in [1.29, 1.82) is 0 Å². The van der Waals surface area contributed by atoms with Crippen LogP contribution in [0.1, 0.15) is 72.6 Å². The fraction of sp³-hybridized carbons (Fsp3) is 0.600. The average molecular weight is 542 g/mol. The zero-order chi connectivity index (χ0) is 29.1. The molecule has 2 rings (SSSR count). The normalized spacial score (nSPS) is 23.4. The maximum atomic E-state index is 14.1. The number of ketones is 1. The Hall–Kier alpha value is -3.36. The third-order valence-electron chi connectivity index (χ3n) is 7.39. The van der Waals surface area contributed by atoms with Crippen molar-refractivity contribution in [2.24, 2.45) is 17.6 Å². The summed E-state index contributed by atoms with van der Waals surface area (Å²) in [6.07, 6.45) is 12.4. The number of hydrogen-bond acceptors (Lipinski definition) is 6. The maximum absolute atomic E-state index is 14.1. The Bertz CT molecular complexity index is 986. The molecule has 0 aromatic heterocycles. The van der Waals surface area contributed by atoms with Gasteiger partial charge in [-0.25, -0.2) is 0 Å². The third-order valence-corrected chi connectivity index (χ3v) is 7.39. The molecule has 0 saturated carbocycles. The number of allylic oxidation sites excluding steroid dienone is 5. The van der Waals surface area contributed by atoms with Crippen molar-refractivity contribution >= 4 is 23.5 Å². The van der Waals surface area contributed by atoms with E-state index in [9.17, 15) is 19.2 Å². The highest BCUT2D eigenvalue weighted by Gasteiger charge is 2.41. The largest absolute Gasteiger partial charge is 0.370 e. The Morgan fingerprint density at radius 1 is 1.10 bits per heavy atom. The average Bonchev–Trinajstić information content (AvgIpc) is 3.39. The molecule has 2 aliphatic rings. The van der Waals surface area contributed by atoms with Crippen LogP contribution in [-0.2, 0) is 19.2 Å². The third kappa shape index (κ3) is 9.71. The second kappa shape index (κ2) is 15.3. The summed E-state index contributed by atoms with van der Waals surface area (Å²) >= 11 is 0. The van der Waals surface area contributed by atoms with Gasteiger partial charge in [-0.3, -0.25) is 19.2 Å². The van der Waals surface area contributed by atoms with Gasteiger partial charge in [0.25, 0.3) is 5.91 Å². The van der Waals surface area contributed by atoms with Gasteiger partial charge in [-0.15, -0.1) is 0 Å². The number of amides is 3. The Morgan fingerprint density at radius 2 is 1.82 bits per heavy atom. The second-order valence-electron chi connectivity index (χ2n) is 11.1. The summed E-state index contributed by atoms with van der Waals surface area (Å²) in [5.41, 5.74) is 6.18. The van der Waals surface area contributed by atoms with E-state index in [4.69, 9.17) is 5.73 Å². The summed E-state index contributed by atoms with van der Waals surface area (Å²) in [4.78, 5) is 53.3. The zero-order valence-electron chi connectivity index (χ0n) is 24.0. The number of nitrogens with one attached hydrogen (secondary N) is 3. The topological polar surface area (TPSA) is 134 Å². The van der Waals surface area contributed by atoms with Crippen molar-refractivity contribution in [3.63, 3.8) is 0 Å². The van der Waals surface area contributed by atoms with Crippen molar-refractivity contribution in [3.05, 3.63) is 48.9 Å². The van der Waals surface area contributed by atoms with E-state index in [1.165, 1.54) is 0 Å². The molecule has 0 aromatic carbocycles. The summed E-state index contributed by atoms with van der Waals surface area (Å²) in [6.45, 7) is 16.6. The molecule has 3 amide bonds. The van der Waals surface area contributed by atoms with E-state index >= 15 is 0 Å². The van der Waals surface area contributed by atoms with Crippen molar-refractivity contribution in [2.75, 3.05) is 6.54 Å². The molecule has 1 aliphatic carbocycles. The molecule has 1 fully saturated rings. The zero-order valence-corrected chi connectivity index (χ0v) is 24.0. The lowest BCUT2D eigenvalue weighted by molar-refractivity contribution is -0.143. The molecule has 0 aromatic rings. The van der Waals surface area contributed by atoms with Crippen molar-refractivity contribution in [1.82, 2.24) is 20.9 Å². The molecule has 1 saturated heterocycles. The van der Waals surface area contributed by atoms with Crippen LogP contribution in [0.4, 0.5) is 0 Å². The van der Waals surface area contributed by atoms with Crippen molar-refractivity contribution in [3.8, 4) is 0 Å². The van der Waals surface area contributed by atoms with E-state index in [2.05, 4.69) is 35.2 Å². The van der Waals surface area contributed by atoms with E-state index in [-0.39, 0.29) is 23.8 Å². The van der Waals surface area contributed by atoms with Gasteiger partial charge in [-0.1, -0.05) is 63.3 Å². The number of nitrogens with two attached hydrogens (primary N) is 1. The lowest BCUT2D eigenvalue weighted by Crippen LogP contribution is -2.57. The number of carbonyl (C=O) groups is 4. The summed E-state index contributed by atoms with van der Waals surface area (Å²) in [5, 5.41) is 9.29. The molecule has 9 heteroatoms. The van der Waals surface area contributed by atoms with Gasteiger partial charge in [-0.2, -0.15) is 0 Å². The number of Topliss-reactive ketones (excluding diaryl/α,β-unsaturated/α-hetero) is 1. The molecule has 39 heavy (non-hydrogen) atoms. The minimum absolute atomic E-state index is 0.0815. The molecule has 0 bridgehead atoms. The van der Waals surface area contributed by atoms with Crippen LogP contribution in [-0.4, -0.2) is 59.1 Å². The predicted molar refractivity (Wildman–Crippen MR) is 154 cm³/mol. The van der Waals surface area contributed by atoms with E-state index in [0.717, 1.165) is 24.8 Å². The van der Waals surface area contributed by atoms with Crippen molar-refractivity contribution in [2.45, 2.75) is 96.8 Å². The monoisotopic (exact) mass is 541 g/mol. The van der Waals surface area contributed by atoms with Gasteiger partial charge < -0.3 is 26.6 Å². The van der Waals surface area contributed by atoms with Gasteiger partial charge in [0.2, 0.25) is 17.6 Å². The number of carbonyl (C=O) groups excluding carboxylic acids is 4. The number of hydrogen-bond donors (Lipinski definition) is 4. The van der Waals surface area contributed by atoms with Crippen LogP contribution in [0.3, 0.4) is 0 Å². The molecule has 5 N–H and O–H groups in total. The molecule has 5 atom stereocenters. The highest BCUT2D eigenvalue weighted by Crippen LogP contribution is 2.27. The van der Waals surface area contributed by atoms with Crippen LogP contribution < -0.4 is 21.7 Å². The first-order valence-electron chi connectivity index (χ1n) is 14.1. The fourth-order valence-corrected chi connectivity index (χ4v) is 5.15. The quantitative estimate of drug-likeness (QED) is 0.265. The highest BCUT2D eigenvalue weighted by molar-refractivity contribution is 6.37. The van der Waals surface area contributed by atoms with E-state index < -0.39 is 35.7 Å². The van der Waals surface area contributed by atoms with Crippen LogP contribution in [0.5, 0.6) is 0 Å². The van der Waals surface area contributed by atoms with E-state index in [0.29, 0.717) is 38.0 Å². The van der Waals surface area contributed by atoms with Gasteiger partial charge >= 0.3 is 0 Å². The van der Waals surface area contributed by atoms with Gasteiger partial charge in [0.05, 0.1) is 11.9 Å². The predicted octanol–water partition coefficient (Wildman–Crippen LogP) is 2.85. The van der Waals surface area contributed by atoms with Crippen LogP contribution in [0.2, 0.25) is 0 Å². The molecule has 1 heterocycles. The maximum Gasteiger partial charge on any atom is 0.287 e. The Labute approximate surface area is 233 Å². The van der Waals surface area contributed by atoms with Gasteiger partial charge in [0, 0.05) is 12.6 Å². The molecular formula is C30H47N5O4. The number of primary amides is 1. The van der Waals surface area contributed by atoms with E-state index in [1.807, 2.05) is 45.9 Å². The lowest BCUT2D eigenvalue weighted by atomic mass is 9.87. The fourth-order valence-electron chi connectivity index (χ4n) is 5.15. The molecule has 0 radical (unpaired) electrons. The van der Waals surface area contributed by atoms with Gasteiger partial charge in [0.15, 0.2) is 0 Å². The second-order valence-corrected chi connectivity index (χ2v) is 11.1. The minimum Gasteiger partial charge on any atom is -0.370 e. The molecule has 5 unspecified atom stereocenters. The molecule has 0 spiro atoms. The SMILES string of the molecule is C=C1/C=C\C=C/CCC(C(NC(=C)NC(C)C)C(=O)N2CCCC2C(=O)NC(CC(C)CC)C(=O)C(N)=O)C1. The summed E-state index contributed by atoms with van der Waals surface area (Å²) in [7, 11) is 0. The lowest BCUT2D eigenvalue weighted by Gasteiger charge is -2.35. The number of rotatable bonds is 13. The van der Waals surface area contributed by atoms with Crippen molar-refractivity contribution < 1.29 is 19.2 Å². The Balaban J connectivity index is 2.30. The molecule has 1 aliphatic heterocycles. The standard InChI is InChI=1S/C30H47N5O4/c1-7-20(4)18-24(27(36)28(31)37)34-29(38)25-15-12-16-35(25)30(39)26(33-22(6)32-19(2)3)23-14-11-9-8-10-13-21(5)17-23/h8-10,13,19-20,23-26,32-33H,5-7,11-12,14-18H2,1-4H3,(H2,31,37)(H,34,38)/b9-8-,13-10-. The summed E-state index contributed by atoms with van der Waals surface area (Å²) in [5.74, 6) is -1.96. The summed E-state index contributed by atoms with van der Waals surface area (Å²) in [6, 6.07) is -2.26. The number of likely N-dealkylation sites (tertiary alicyclic amines) is 1. The highest BCUT2D eigenvalue weighted by atomic mass is 16.2. The molecular weight excluding hydrogens is 494 g/mol. The van der Waals surface area contributed by atoms with Gasteiger partial charge in [0.1, 0.15) is 12.1 Å².